The number of halogens is 2. The Balaban J connectivity index is 2.24. The van der Waals surface area contributed by atoms with Crippen molar-refractivity contribution in [2.75, 3.05) is 0 Å². The molecule has 0 radical (unpaired) electrons. The van der Waals surface area contributed by atoms with Gasteiger partial charge >= 0.3 is 6.61 Å². The summed E-state index contributed by atoms with van der Waals surface area (Å²) < 4.78 is 28.0. The predicted octanol–water partition coefficient (Wildman–Crippen LogP) is 2.27. The van der Waals surface area contributed by atoms with Crippen LogP contribution < -0.4 is 4.74 Å². The summed E-state index contributed by atoms with van der Waals surface area (Å²) in [7, 11) is 0. The average molecular weight is 200 g/mol. The third-order valence-corrected chi connectivity index (χ3v) is 2.39. The van der Waals surface area contributed by atoms with Crippen LogP contribution in [-0.2, 0) is 6.42 Å². The first-order chi connectivity index (χ1) is 6.66. The highest BCUT2D eigenvalue weighted by atomic mass is 19.3. The number of ether oxygens (including phenoxy) is 1. The van der Waals surface area contributed by atoms with Crippen LogP contribution in [0.3, 0.4) is 0 Å². The highest BCUT2D eigenvalue weighted by molar-refractivity contribution is 5.39. The molecule has 0 saturated heterocycles. The molecule has 1 N–H and O–H groups in total. The Morgan fingerprint density at radius 3 is 2.93 bits per heavy atom. The Kier molecular flexibility index (Phi) is 2.37. The van der Waals surface area contributed by atoms with Crippen LogP contribution in [0.2, 0.25) is 0 Å². The largest absolute Gasteiger partial charge is 0.435 e. The summed E-state index contributed by atoms with van der Waals surface area (Å²) >= 11 is 0. The maximum atomic E-state index is 11.9. The maximum absolute atomic E-state index is 11.9. The molecule has 0 aromatic heterocycles. The maximum Gasteiger partial charge on any atom is 0.387 e. The second-order valence-corrected chi connectivity index (χ2v) is 3.29. The van der Waals surface area contributed by atoms with Crippen molar-refractivity contribution in [3.63, 3.8) is 0 Å². The molecule has 1 atom stereocenters. The van der Waals surface area contributed by atoms with Crippen molar-refractivity contribution in [1.82, 2.24) is 0 Å². The Hall–Kier alpha value is -1.16. The molecule has 1 aliphatic carbocycles. The molecule has 0 amide bonds. The molecule has 4 heteroatoms. The second-order valence-electron chi connectivity index (χ2n) is 3.29. The van der Waals surface area contributed by atoms with Gasteiger partial charge in [0, 0.05) is 0 Å². The molecule has 76 valence electrons. The molecule has 0 heterocycles. The lowest BCUT2D eigenvalue weighted by Gasteiger charge is -2.07. The molecular formula is C10H10F2O2. The first kappa shape index (κ1) is 9.40. The van der Waals surface area contributed by atoms with E-state index < -0.39 is 12.7 Å². The lowest BCUT2D eigenvalue weighted by molar-refractivity contribution is -0.0498. The van der Waals surface area contributed by atoms with E-state index in [0.29, 0.717) is 6.42 Å². The Labute approximate surface area is 80.1 Å². The number of benzene rings is 1. The van der Waals surface area contributed by atoms with E-state index in [9.17, 15) is 13.9 Å². The minimum atomic E-state index is -2.79. The minimum absolute atomic E-state index is 0.160. The molecule has 14 heavy (non-hydrogen) atoms. The molecule has 0 fully saturated rings. The van der Waals surface area contributed by atoms with Crippen molar-refractivity contribution in [2.24, 2.45) is 0 Å². The summed E-state index contributed by atoms with van der Waals surface area (Å²) in [6.45, 7) is -2.79. The number of hydrogen-bond donors (Lipinski definition) is 1. The van der Waals surface area contributed by atoms with Gasteiger partial charge < -0.3 is 9.84 Å². The molecule has 0 spiro atoms. The van der Waals surface area contributed by atoms with E-state index in [1.54, 1.807) is 12.1 Å². The van der Waals surface area contributed by atoms with Crippen LogP contribution in [0, 0.1) is 0 Å². The van der Waals surface area contributed by atoms with Gasteiger partial charge in [0.2, 0.25) is 0 Å². The van der Waals surface area contributed by atoms with Crippen LogP contribution in [0.15, 0.2) is 18.2 Å². The third-order valence-electron chi connectivity index (χ3n) is 2.39. The smallest absolute Gasteiger partial charge is 0.387 e. The van der Waals surface area contributed by atoms with Crippen molar-refractivity contribution in [1.29, 1.82) is 0 Å². The molecule has 2 nitrogen and oxygen atoms in total. The van der Waals surface area contributed by atoms with Gasteiger partial charge in [0.25, 0.3) is 0 Å². The fourth-order valence-corrected chi connectivity index (χ4v) is 1.75. The van der Waals surface area contributed by atoms with Gasteiger partial charge in [-0.2, -0.15) is 8.78 Å². The molecule has 1 aromatic rings. The summed E-state index contributed by atoms with van der Waals surface area (Å²) in [6.07, 6.45) is 0.926. The van der Waals surface area contributed by atoms with Crippen LogP contribution in [0.1, 0.15) is 23.7 Å². The van der Waals surface area contributed by atoms with Crippen molar-refractivity contribution in [2.45, 2.75) is 25.6 Å². The summed E-state index contributed by atoms with van der Waals surface area (Å²) in [5, 5.41) is 9.47. The zero-order chi connectivity index (χ0) is 10.1. The summed E-state index contributed by atoms with van der Waals surface area (Å²) in [6, 6.07) is 4.67. The van der Waals surface area contributed by atoms with Crippen molar-refractivity contribution >= 4 is 0 Å². The molecule has 0 unspecified atom stereocenters. The molecule has 0 aliphatic heterocycles. The van der Waals surface area contributed by atoms with Crippen LogP contribution in [0.4, 0.5) is 8.78 Å². The Morgan fingerprint density at radius 1 is 1.43 bits per heavy atom. The molecule has 0 bridgehead atoms. The van der Waals surface area contributed by atoms with E-state index in [2.05, 4.69) is 4.74 Å². The van der Waals surface area contributed by atoms with Crippen molar-refractivity contribution < 1.29 is 18.6 Å². The number of rotatable bonds is 2. The number of hydrogen-bond acceptors (Lipinski definition) is 2. The number of aliphatic hydroxyl groups excluding tert-OH is 1. The first-order valence-corrected chi connectivity index (χ1v) is 4.42. The molecular weight excluding hydrogens is 190 g/mol. The average Bonchev–Trinajstić information content (AvgIpc) is 2.46. The number of fused-ring (bicyclic) bond motifs is 1. The summed E-state index contributed by atoms with van der Waals surface area (Å²) in [4.78, 5) is 0. The van der Waals surface area contributed by atoms with Crippen LogP contribution in [0.25, 0.3) is 0 Å². The molecule has 2 rings (SSSR count). The van der Waals surface area contributed by atoms with E-state index in [1.165, 1.54) is 6.07 Å². The van der Waals surface area contributed by atoms with Crippen LogP contribution in [0.5, 0.6) is 5.75 Å². The van der Waals surface area contributed by atoms with Crippen LogP contribution >= 0.6 is 0 Å². The Morgan fingerprint density at radius 2 is 2.21 bits per heavy atom. The van der Waals surface area contributed by atoms with Crippen molar-refractivity contribution in [3.05, 3.63) is 29.3 Å². The fraction of sp³-hybridized carbons (Fsp3) is 0.400. The fourth-order valence-electron chi connectivity index (χ4n) is 1.75. The van der Waals surface area contributed by atoms with Gasteiger partial charge in [-0.25, -0.2) is 0 Å². The van der Waals surface area contributed by atoms with Gasteiger partial charge in [0.05, 0.1) is 6.10 Å². The van der Waals surface area contributed by atoms with Gasteiger partial charge in [-0.15, -0.1) is 0 Å². The molecule has 1 aromatic carbocycles. The van der Waals surface area contributed by atoms with Gasteiger partial charge in [-0.3, -0.25) is 0 Å². The van der Waals surface area contributed by atoms with E-state index in [1.807, 2.05) is 0 Å². The number of aliphatic hydroxyl groups is 1. The highest BCUT2D eigenvalue weighted by Crippen LogP contribution is 2.33. The highest BCUT2D eigenvalue weighted by Gasteiger charge is 2.20. The van der Waals surface area contributed by atoms with E-state index in [4.69, 9.17) is 0 Å². The first-order valence-electron chi connectivity index (χ1n) is 4.42. The van der Waals surface area contributed by atoms with Crippen molar-refractivity contribution in [3.8, 4) is 5.75 Å². The Bertz CT molecular complexity index is 339. The topological polar surface area (TPSA) is 29.5 Å². The number of alkyl halides is 2. The zero-order valence-electron chi connectivity index (χ0n) is 7.41. The number of aryl methyl sites for hydroxylation is 1. The van der Waals surface area contributed by atoms with E-state index >= 15 is 0 Å². The SMILES string of the molecule is O[C@H]1CCc2cc(OC(F)F)ccc21. The lowest BCUT2D eigenvalue weighted by Crippen LogP contribution is -2.02. The third kappa shape index (κ3) is 1.70. The van der Waals surface area contributed by atoms with Gasteiger partial charge in [0.15, 0.2) is 0 Å². The summed E-state index contributed by atoms with van der Waals surface area (Å²) in [5.41, 5.74) is 1.72. The summed E-state index contributed by atoms with van der Waals surface area (Å²) in [5.74, 6) is 0.160. The monoisotopic (exact) mass is 200 g/mol. The molecule has 1 aliphatic rings. The van der Waals surface area contributed by atoms with Crippen LogP contribution in [-0.4, -0.2) is 11.7 Å². The van der Waals surface area contributed by atoms with E-state index in [0.717, 1.165) is 17.5 Å². The second kappa shape index (κ2) is 3.53. The van der Waals surface area contributed by atoms with Gasteiger partial charge in [0.1, 0.15) is 5.75 Å². The predicted molar refractivity (Wildman–Crippen MR) is 46.4 cm³/mol. The normalized spacial score (nSPS) is 19.9. The standard InChI is InChI=1S/C10H10F2O2/c11-10(12)14-7-2-3-8-6(5-7)1-4-9(8)13/h2-3,5,9-10,13H,1,4H2/t9-/m0/s1. The van der Waals surface area contributed by atoms with E-state index in [-0.39, 0.29) is 5.75 Å². The molecule has 0 saturated carbocycles. The van der Waals surface area contributed by atoms with Gasteiger partial charge in [-0.1, -0.05) is 6.07 Å². The van der Waals surface area contributed by atoms with Gasteiger partial charge in [-0.05, 0) is 36.1 Å². The quantitative estimate of drug-likeness (QED) is 0.793. The lowest BCUT2D eigenvalue weighted by atomic mass is 10.1. The minimum Gasteiger partial charge on any atom is -0.435 e. The zero-order valence-corrected chi connectivity index (χ0v) is 7.41.